The van der Waals surface area contributed by atoms with Crippen molar-refractivity contribution in [3.05, 3.63) is 16.7 Å². The average molecular weight is 323 g/mol. The van der Waals surface area contributed by atoms with Crippen LogP contribution in [0.15, 0.2) is 11.1 Å². The Balaban J connectivity index is 1.92. The maximum Gasteiger partial charge on any atom is 0.280 e. The molecular weight excluding hydrogens is 306 g/mol. The molecule has 23 heavy (non-hydrogen) atoms. The van der Waals surface area contributed by atoms with Crippen LogP contribution in [0, 0.1) is 5.41 Å². The predicted octanol–water partition coefficient (Wildman–Crippen LogP) is -1.91. The number of hydrogen-bond acceptors (Lipinski definition) is 8. The van der Waals surface area contributed by atoms with Crippen molar-refractivity contribution >= 4 is 17.1 Å². The summed E-state index contributed by atoms with van der Waals surface area (Å²) in [6, 6.07) is 0. The van der Waals surface area contributed by atoms with Crippen molar-refractivity contribution < 1.29 is 20.1 Å². The topological polar surface area (TPSA) is 160 Å². The Morgan fingerprint density at radius 3 is 2.74 bits per heavy atom. The van der Waals surface area contributed by atoms with Crippen LogP contribution in [0.4, 0.5) is 5.95 Å². The minimum atomic E-state index is -1.65. The van der Waals surface area contributed by atoms with Crippen molar-refractivity contribution in [2.24, 2.45) is 5.41 Å². The largest absolute Gasteiger partial charge is 0.394 e. The molecule has 10 nitrogen and oxygen atoms in total. The molecule has 4 atom stereocenters. The Morgan fingerprint density at radius 1 is 1.43 bits per heavy atom. The van der Waals surface area contributed by atoms with Crippen molar-refractivity contribution in [2.75, 3.05) is 12.3 Å². The summed E-state index contributed by atoms with van der Waals surface area (Å²) in [7, 11) is 0. The Morgan fingerprint density at radius 2 is 2.13 bits per heavy atom. The van der Waals surface area contributed by atoms with Crippen molar-refractivity contribution in [1.82, 2.24) is 19.5 Å². The molecule has 0 amide bonds. The van der Waals surface area contributed by atoms with Gasteiger partial charge in [0.15, 0.2) is 17.4 Å². The van der Waals surface area contributed by atoms with E-state index < -0.39 is 41.1 Å². The molecule has 0 unspecified atom stereocenters. The Labute approximate surface area is 129 Å². The van der Waals surface area contributed by atoms with E-state index >= 15 is 0 Å². The molecule has 1 saturated heterocycles. The van der Waals surface area contributed by atoms with Crippen molar-refractivity contribution in [3.63, 3.8) is 0 Å². The zero-order chi connectivity index (χ0) is 16.8. The normalized spacial score (nSPS) is 38.0. The first-order chi connectivity index (χ1) is 10.7. The summed E-state index contributed by atoms with van der Waals surface area (Å²) in [6.45, 7) is 2.90. The molecule has 2 aromatic heterocycles. The minimum absolute atomic E-state index is 0.0424. The van der Waals surface area contributed by atoms with Gasteiger partial charge < -0.3 is 25.8 Å². The van der Waals surface area contributed by atoms with E-state index in [0.29, 0.717) is 0 Å². The molecule has 0 aromatic carbocycles. The van der Waals surface area contributed by atoms with Gasteiger partial charge in [0.25, 0.3) is 5.56 Å². The van der Waals surface area contributed by atoms with Crippen LogP contribution in [0.1, 0.15) is 20.1 Å². The van der Waals surface area contributed by atoms with Crippen molar-refractivity contribution in [2.45, 2.75) is 37.4 Å². The van der Waals surface area contributed by atoms with E-state index in [1.165, 1.54) is 10.9 Å². The third-order valence-corrected chi connectivity index (χ3v) is 5.41. The highest BCUT2D eigenvalue weighted by molar-refractivity contribution is 5.71. The summed E-state index contributed by atoms with van der Waals surface area (Å²) in [6.07, 6.45) is -0.730. The van der Waals surface area contributed by atoms with Crippen LogP contribution in [-0.4, -0.2) is 58.8 Å². The molecule has 1 aliphatic heterocycles. The highest BCUT2D eigenvalue weighted by Crippen LogP contribution is 2.75. The van der Waals surface area contributed by atoms with Crippen LogP contribution >= 0.6 is 0 Å². The lowest BCUT2D eigenvalue weighted by atomic mass is 10.0. The Bertz CT molecular complexity index is 875. The number of rotatable bonds is 2. The number of H-pyrrole nitrogens is 1. The van der Waals surface area contributed by atoms with E-state index in [9.17, 15) is 20.1 Å². The molecule has 3 heterocycles. The molecule has 4 rings (SSSR count). The van der Waals surface area contributed by atoms with Gasteiger partial charge in [-0.25, -0.2) is 4.98 Å². The van der Waals surface area contributed by atoms with Crippen LogP contribution in [0.5, 0.6) is 0 Å². The lowest BCUT2D eigenvalue weighted by Gasteiger charge is -2.26. The molecule has 124 valence electrons. The second kappa shape index (κ2) is 3.90. The second-order valence-electron chi connectivity index (χ2n) is 6.59. The number of nitrogen functional groups attached to an aromatic ring is 1. The van der Waals surface area contributed by atoms with Crippen molar-refractivity contribution in [3.8, 4) is 0 Å². The molecule has 0 radical (unpaired) electrons. The van der Waals surface area contributed by atoms with Gasteiger partial charge in [-0.15, -0.1) is 0 Å². The van der Waals surface area contributed by atoms with Crippen molar-refractivity contribution in [1.29, 1.82) is 0 Å². The first-order valence-corrected chi connectivity index (χ1v) is 7.13. The number of anilines is 1. The SMILES string of the molecule is CC1(C)[C@]2(O)[C@@H](CO)O[C@@H](n3cnc4c(=O)[nH]c(N)nc43)[C@@]12O. The van der Waals surface area contributed by atoms with Gasteiger partial charge in [0, 0.05) is 5.41 Å². The standard InChI is InChI=1S/C13H17N5O5/c1-11(2)12(21)5(3-19)23-9(13(11,12)22)18-4-15-6-7(18)16-10(14)17-8(6)20/h4-5,9,19,21-22H,3H2,1-2H3,(H3,14,16,17,20)/t5-,9-,12-,13-/m1/s1. The fourth-order valence-electron chi connectivity index (χ4n) is 3.95. The zero-order valence-corrected chi connectivity index (χ0v) is 12.5. The maximum absolute atomic E-state index is 11.9. The molecule has 2 fully saturated rings. The molecule has 0 spiro atoms. The highest BCUT2D eigenvalue weighted by atomic mass is 16.6. The van der Waals surface area contributed by atoms with E-state index in [-0.39, 0.29) is 17.1 Å². The molecule has 1 saturated carbocycles. The summed E-state index contributed by atoms with van der Waals surface area (Å²) in [4.78, 5) is 22.2. The van der Waals surface area contributed by atoms with E-state index in [1.807, 2.05) is 0 Å². The monoisotopic (exact) mass is 323 g/mol. The number of aliphatic hydroxyl groups excluding tert-OH is 1. The smallest absolute Gasteiger partial charge is 0.280 e. The summed E-state index contributed by atoms with van der Waals surface area (Å²) >= 11 is 0. The fraction of sp³-hybridized carbons (Fsp3) is 0.615. The van der Waals surface area contributed by atoms with E-state index in [2.05, 4.69) is 15.0 Å². The summed E-state index contributed by atoms with van der Waals surface area (Å²) in [5.74, 6) is -0.0988. The van der Waals surface area contributed by atoms with Gasteiger partial charge >= 0.3 is 0 Å². The number of hydrogen-bond donors (Lipinski definition) is 5. The Hall–Kier alpha value is -2.01. The van der Waals surface area contributed by atoms with Gasteiger partial charge in [-0.05, 0) is 0 Å². The lowest BCUT2D eigenvalue weighted by Crippen LogP contribution is -2.36. The summed E-state index contributed by atoms with van der Waals surface area (Å²) < 4.78 is 6.98. The first-order valence-electron chi connectivity index (χ1n) is 7.13. The average Bonchev–Trinajstić information content (AvgIpc) is 2.84. The van der Waals surface area contributed by atoms with Gasteiger partial charge in [0.05, 0.1) is 12.9 Å². The van der Waals surface area contributed by atoms with Crippen LogP contribution in [0.25, 0.3) is 11.2 Å². The number of nitrogens with two attached hydrogens (primary N) is 1. The number of nitrogens with zero attached hydrogens (tertiary/aromatic N) is 3. The van der Waals surface area contributed by atoms with Gasteiger partial charge in [0.2, 0.25) is 5.95 Å². The first kappa shape index (κ1) is 14.6. The molecule has 10 heteroatoms. The Kier molecular flexibility index (Phi) is 2.47. The van der Waals surface area contributed by atoms with Gasteiger partial charge in [-0.3, -0.25) is 14.3 Å². The molecule has 0 bridgehead atoms. The van der Waals surface area contributed by atoms with Crippen LogP contribution in [0.3, 0.4) is 0 Å². The third-order valence-electron chi connectivity index (χ3n) is 5.41. The molecule has 2 aromatic rings. The van der Waals surface area contributed by atoms with Gasteiger partial charge in [0.1, 0.15) is 17.3 Å². The number of aliphatic hydroxyl groups is 3. The summed E-state index contributed by atoms with van der Waals surface area (Å²) in [5.41, 5.74) is 1.05. The summed E-state index contributed by atoms with van der Waals surface area (Å²) in [5, 5.41) is 31.3. The van der Waals surface area contributed by atoms with E-state index in [0.717, 1.165) is 0 Å². The number of nitrogens with one attached hydrogen (secondary N) is 1. The van der Waals surface area contributed by atoms with Crippen LogP contribution < -0.4 is 11.3 Å². The van der Waals surface area contributed by atoms with E-state index in [4.69, 9.17) is 10.5 Å². The second-order valence-corrected chi connectivity index (χ2v) is 6.59. The number of ether oxygens (including phenoxy) is 1. The molecule has 1 aliphatic carbocycles. The molecule has 6 N–H and O–H groups in total. The van der Waals surface area contributed by atoms with Crippen LogP contribution in [-0.2, 0) is 4.74 Å². The minimum Gasteiger partial charge on any atom is -0.394 e. The third kappa shape index (κ3) is 1.32. The fourth-order valence-corrected chi connectivity index (χ4v) is 3.95. The zero-order valence-electron chi connectivity index (χ0n) is 12.5. The maximum atomic E-state index is 11.9. The highest BCUT2D eigenvalue weighted by Gasteiger charge is 2.92. The van der Waals surface area contributed by atoms with Crippen LogP contribution in [0.2, 0.25) is 0 Å². The lowest BCUT2D eigenvalue weighted by molar-refractivity contribution is -0.123. The predicted molar refractivity (Wildman–Crippen MR) is 77.2 cm³/mol. The van der Waals surface area contributed by atoms with Gasteiger partial charge in [-0.2, -0.15) is 4.98 Å². The number of aromatic amines is 1. The number of fused-ring (bicyclic) bond motifs is 2. The number of imidazole rings is 1. The number of aromatic nitrogens is 4. The quantitative estimate of drug-likeness (QED) is 0.428. The van der Waals surface area contributed by atoms with Gasteiger partial charge in [-0.1, -0.05) is 13.8 Å². The van der Waals surface area contributed by atoms with E-state index in [1.54, 1.807) is 13.8 Å². The molecular formula is C13H17N5O5. The molecule has 2 aliphatic rings.